The van der Waals surface area contributed by atoms with Crippen LogP contribution in [-0.2, 0) is 42.9 Å². The number of amides is 2. The highest BCUT2D eigenvalue weighted by Crippen LogP contribution is 2.29. The number of hydrogen-bond donors (Lipinski definition) is 2. The van der Waals surface area contributed by atoms with Gasteiger partial charge in [0.05, 0.1) is 12.8 Å². The van der Waals surface area contributed by atoms with Gasteiger partial charge in [-0.25, -0.2) is 4.79 Å². The number of carbonyl (C=O) groups excluding carboxylic acids is 5. The molecule has 1 aromatic rings. The van der Waals surface area contributed by atoms with Crippen LogP contribution in [0.1, 0.15) is 27.7 Å². The van der Waals surface area contributed by atoms with Crippen molar-refractivity contribution in [3.05, 3.63) is 24.3 Å². The zero-order valence-electron chi connectivity index (χ0n) is 19.9. The van der Waals surface area contributed by atoms with Crippen LogP contribution in [0.2, 0.25) is 0 Å². The number of urea groups is 1. The second kappa shape index (κ2) is 12.6. The average molecular weight is 496 g/mol. The molecule has 2 rings (SSSR count). The number of rotatable bonds is 8. The fourth-order valence-electron chi connectivity index (χ4n) is 3.38. The maximum absolute atomic E-state index is 12.8. The molecule has 1 saturated heterocycles. The lowest BCUT2D eigenvalue weighted by molar-refractivity contribution is -0.270. The highest BCUT2D eigenvalue weighted by atomic mass is 16.7. The van der Waals surface area contributed by atoms with Crippen LogP contribution in [0.4, 0.5) is 10.5 Å². The quantitative estimate of drug-likeness (QED) is 0.388. The van der Waals surface area contributed by atoms with Crippen LogP contribution in [0, 0.1) is 0 Å². The third-order valence-electron chi connectivity index (χ3n) is 4.64. The molecule has 5 atom stereocenters. The molecule has 0 bridgehead atoms. The number of carbonyl (C=O) groups is 5. The number of methoxy groups -OCH3 is 1. The number of esters is 4. The van der Waals surface area contributed by atoms with Crippen molar-refractivity contribution in [2.24, 2.45) is 0 Å². The van der Waals surface area contributed by atoms with Gasteiger partial charge in [-0.2, -0.15) is 0 Å². The van der Waals surface area contributed by atoms with Crippen LogP contribution in [0.25, 0.3) is 0 Å². The lowest BCUT2D eigenvalue weighted by Crippen LogP contribution is -2.67. The molecule has 0 aliphatic carbocycles. The molecule has 0 aromatic heterocycles. The third-order valence-corrected chi connectivity index (χ3v) is 4.64. The summed E-state index contributed by atoms with van der Waals surface area (Å²) in [5, 5.41) is 5.11. The topological polar surface area (TPSA) is 165 Å². The van der Waals surface area contributed by atoms with Gasteiger partial charge in [0.1, 0.15) is 24.5 Å². The molecule has 1 aliphatic rings. The molecular formula is C22H28N2O11. The Kier molecular flexibility index (Phi) is 9.82. The molecule has 2 amide bonds. The van der Waals surface area contributed by atoms with E-state index in [-0.39, 0.29) is 0 Å². The van der Waals surface area contributed by atoms with Gasteiger partial charge in [0.25, 0.3) is 0 Å². The second-order valence-corrected chi connectivity index (χ2v) is 7.43. The van der Waals surface area contributed by atoms with Crippen LogP contribution >= 0.6 is 0 Å². The summed E-state index contributed by atoms with van der Waals surface area (Å²) in [6.45, 7) is 4.07. The fourth-order valence-corrected chi connectivity index (χ4v) is 3.38. The summed E-state index contributed by atoms with van der Waals surface area (Å²) < 4.78 is 31.8. The Balaban J connectivity index is 2.40. The molecule has 1 aliphatic heterocycles. The van der Waals surface area contributed by atoms with Crippen LogP contribution in [0.5, 0.6) is 5.75 Å². The van der Waals surface area contributed by atoms with E-state index in [1.807, 2.05) is 0 Å². The van der Waals surface area contributed by atoms with Gasteiger partial charge in [-0.15, -0.1) is 0 Å². The summed E-state index contributed by atoms with van der Waals surface area (Å²) in [7, 11) is 1.42. The van der Waals surface area contributed by atoms with E-state index in [9.17, 15) is 24.0 Å². The Hall–Kier alpha value is -3.87. The molecule has 1 heterocycles. The number of benzene rings is 1. The predicted octanol–water partition coefficient (Wildman–Crippen LogP) is 0.900. The SMILES string of the molecule is COc1ccccc1NC(=O)N[C@H]1[C@@H](OC(C)=O)O[C@H](COC(C)=O)[C@@H](OC(C)=O)[C@@H]1OC(C)=O. The van der Waals surface area contributed by atoms with Gasteiger partial charge in [0, 0.05) is 27.7 Å². The van der Waals surface area contributed by atoms with Gasteiger partial charge in [-0.3, -0.25) is 19.2 Å². The van der Waals surface area contributed by atoms with Crippen molar-refractivity contribution < 1.29 is 52.4 Å². The van der Waals surface area contributed by atoms with Crippen molar-refractivity contribution in [1.82, 2.24) is 5.32 Å². The maximum atomic E-state index is 12.8. The monoisotopic (exact) mass is 496 g/mol. The van der Waals surface area contributed by atoms with E-state index in [1.54, 1.807) is 24.3 Å². The van der Waals surface area contributed by atoms with Crippen molar-refractivity contribution >= 4 is 35.6 Å². The maximum Gasteiger partial charge on any atom is 0.319 e. The number of hydrogen-bond acceptors (Lipinski definition) is 11. The highest BCUT2D eigenvalue weighted by molar-refractivity contribution is 5.91. The number of para-hydroxylation sites is 2. The smallest absolute Gasteiger partial charge is 0.319 e. The lowest BCUT2D eigenvalue weighted by Gasteiger charge is -2.44. The van der Waals surface area contributed by atoms with Gasteiger partial charge in [0.15, 0.2) is 12.2 Å². The first kappa shape index (κ1) is 27.4. The van der Waals surface area contributed by atoms with E-state index in [1.165, 1.54) is 7.11 Å². The Morgan fingerprint density at radius 3 is 2.03 bits per heavy atom. The molecule has 1 aromatic carbocycles. The zero-order valence-corrected chi connectivity index (χ0v) is 19.9. The summed E-state index contributed by atoms with van der Waals surface area (Å²) in [6, 6.07) is 4.46. The molecular weight excluding hydrogens is 468 g/mol. The van der Waals surface area contributed by atoms with Gasteiger partial charge >= 0.3 is 29.9 Å². The van der Waals surface area contributed by atoms with E-state index < -0.39 is 67.2 Å². The van der Waals surface area contributed by atoms with Crippen molar-refractivity contribution in [3.8, 4) is 5.75 Å². The molecule has 0 saturated carbocycles. The lowest BCUT2D eigenvalue weighted by atomic mass is 9.96. The highest BCUT2D eigenvalue weighted by Gasteiger charge is 2.52. The minimum Gasteiger partial charge on any atom is -0.495 e. The zero-order chi connectivity index (χ0) is 26.1. The molecule has 35 heavy (non-hydrogen) atoms. The van der Waals surface area contributed by atoms with E-state index in [4.69, 9.17) is 28.4 Å². The van der Waals surface area contributed by atoms with E-state index in [0.717, 1.165) is 27.7 Å². The first-order chi connectivity index (χ1) is 16.5. The second-order valence-electron chi connectivity index (χ2n) is 7.43. The summed E-state index contributed by atoms with van der Waals surface area (Å²) in [5.41, 5.74) is 0.321. The first-order valence-electron chi connectivity index (χ1n) is 10.5. The Bertz CT molecular complexity index is 951. The Morgan fingerprint density at radius 2 is 1.46 bits per heavy atom. The molecule has 1 fully saturated rings. The summed E-state index contributed by atoms with van der Waals surface area (Å²) in [6.07, 6.45) is -5.38. The van der Waals surface area contributed by atoms with Crippen LogP contribution in [0.15, 0.2) is 24.3 Å². The minimum atomic E-state index is -1.49. The first-order valence-corrected chi connectivity index (χ1v) is 10.5. The molecule has 2 N–H and O–H groups in total. The number of nitrogens with one attached hydrogen (secondary N) is 2. The van der Waals surface area contributed by atoms with Gasteiger partial charge < -0.3 is 39.1 Å². The van der Waals surface area contributed by atoms with Crippen molar-refractivity contribution in [3.63, 3.8) is 0 Å². The number of anilines is 1. The predicted molar refractivity (Wildman–Crippen MR) is 117 cm³/mol. The summed E-state index contributed by atoms with van der Waals surface area (Å²) >= 11 is 0. The fraction of sp³-hybridized carbons (Fsp3) is 0.500. The summed E-state index contributed by atoms with van der Waals surface area (Å²) in [4.78, 5) is 59.6. The normalized spacial score (nSPS) is 23.3. The van der Waals surface area contributed by atoms with Gasteiger partial charge in [-0.1, -0.05) is 12.1 Å². The Morgan fingerprint density at radius 1 is 0.857 bits per heavy atom. The largest absolute Gasteiger partial charge is 0.495 e. The summed E-state index contributed by atoms with van der Waals surface area (Å²) in [5.74, 6) is -2.59. The van der Waals surface area contributed by atoms with E-state index in [0.29, 0.717) is 11.4 Å². The molecule has 13 nitrogen and oxygen atoms in total. The molecule has 13 heteroatoms. The Labute approximate surface area is 201 Å². The molecule has 0 radical (unpaired) electrons. The van der Waals surface area contributed by atoms with Crippen LogP contribution in [-0.4, -0.2) is 74.3 Å². The average Bonchev–Trinajstić information content (AvgIpc) is 2.75. The van der Waals surface area contributed by atoms with Crippen LogP contribution < -0.4 is 15.4 Å². The van der Waals surface area contributed by atoms with Crippen LogP contribution in [0.3, 0.4) is 0 Å². The van der Waals surface area contributed by atoms with Crippen molar-refractivity contribution in [2.75, 3.05) is 19.0 Å². The standard InChI is InChI=1S/C22H28N2O11/c1-11(25)31-10-17-19(32-12(2)26)20(33-13(3)27)18(21(35-17)34-14(4)28)24-22(29)23-15-8-6-7-9-16(15)30-5/h6-9,17-21H,10H2,1-5H3,(H2,23,24,29)/t17-,18-,19-,20-,21+/m1/s1. The minimum absolute atomic E-state index is 0.321. The third kappa shape index (κ3) is 8.14. The van der Waals surface area contributed by atoms with E-state index in [2.05, 4.69) is 10.6 Å². The molecule has 192 valence electrons. The van der Waals surface area contributed by atoms with Gasteiger partial charge in [-0.05, 0) is 12.1 Å². The number of ether oxygens (including phenoxy) is 6. The van der Waals surface area contributed by atoms with E-state index >= 15 is 0 Å². The van der Waals surface area contributed by atoms with Crippen molar-refractivity contribution in [1.29, 1.82) is 0 Å². The van der Waals surface area contributed by atoms with Gasteiger partial charge in [0.2, 0.25) is 6.29 Å². The molecule has 0 spiro atoms. The molecule has 0 unspecified atom stereocenters. The van der Waals surface area contributed by atoms with Crippen molar-refractivity contribution in [2.45, 2.75) is 58.3 Å².